The molecule has 8 heteroatoms. The molecule has 0 atom stereocenters. The van der Waals surface area contributed by atoms with Crippen LogP contribution < -0.4 is 0 Å². The average Bonchev–Trinajstić information content (AvgIpc) is 2.98. The van der Waals surface area contributed by atoms with Gasteiger partial charge in [-0.15, -0.1) is 0 Å². The topological polar surface area (TPSA) is 44.8 Å². The summed E-state index contributed by atoms with van der Waals surface area (Å²) in [5, 5.41) is 0. The Morgan fingerprint density at radius 2 is 0.707 bits per heavy atom. The van der Waals surface area contributed by atoms with Gasteiger partial charge in [-0.3, -0.25) is 13.6 Å². The maximum Gasteiger partial charge on any atom is 0.475 e. The summed E-state index contributed by atoms with van der Waals surface area (Å²) in [6, 6.07) is 12.2. The van der Waals surface area contributed by atoms with Crippen LogP contribution >= 0.6 is 55.6 Å². The second kappa shape index (κ2) is 16.3. The van der Waals surface area contributed by atoms with E-state index in [9.17, 15) is 4.57 Å². The lowest BCUT2D eigenvalue weighted by Gasteiger charge is -2.22. The molecule has 0 aliphatic carbocycles. The van der Waals surface area contributed by atoms with E-state index >= 15 is 0 Å². The first-order valence-electron chi connectivity index (χ1n) is 14.6. The maximum absolute atomic E-state index is 14.3. The maximum atomic E-state index is 14.3. The Kier molecular flexibility index (Phi) is 13.8. The van der Waals surface area contributed by atoms with Gasteiger partial charge in [-0.25, -0.2) is 4.57 Å². The molecule has 0 saturated carbocycles. The van der Waals surface area contributed by atoms with E-state index in [1.165, 1.54) is 33.4 Å². The van der Waals surface area contributed by atoms with E-state index in [4.69, 9.17) is 13.6 Å². The van der Waals surface area contributed by atoms with Crippen molar-refractivity contribution >= 4 is 55.6 Å². The average molecular weight is 773 g/mol. The lowest BCUT2D eigenvalue weighted by Crippen LogP contribution is -2.07. The summed E-state index contributed by atoms with van der Waals surface area (Å²) < 4.78 is 35.9. The molecule has 0 spiro atoms. The summed E-state index contributed by atoms with van der Waals surface area (Å²) in [6.07, 6.45) is 5.25. The molecule has 4 nitrogen and oxygen atoms in total. The zero-order chi connectivity index (χ0) is 30.2. The second-order valence-corrected chi connectivity index (χ2v) is 14.1. The minimum absolute atomic E-state index is 0.142. The van der Waals surface area contributed by atoms with Crippen molar-refractivity contribution in [3.63, 3.8) is 0 Å². The predicted octanol–water partition coefficient (Wildman–Crippen LogP) is 11.4. The van der Waals surface area contributed by atoms with Crippen molar-refractivity contribution in [3.05, 3.63) is 99.9 Å². The van der Waals surface area contributed by atoms with Crippen molar-refractivity contribution in [1.29, 1.82) is 0 Å². The highest BCUT2D eigenvalue weighted by atomic mass is 79.9. The molecule has 0 N–H and O–H groups in total. The van der Waals surface area contributed by atoms with Crippen LogP contribution in [0.15, 0.2) is 49.8 Å². The fraction of sp³-hybridized carbons (Fsp3) is 0.455. The van der Waals surface area contributed by atoms with Crippen LogP contribution in [0.25, 0.3) is 0 Å². The van der Waals surface area contributed by atoms with Crippen LogP contribution in [0.1, 0.15) is 91.6 Å². The molecule has 3 rings (SSSR count). The quantitative estimate of drug-likeness (QED) is 0.144. The largest absolute Gasteiger partial charge is 0.475 e. The van der Waals surface area contributed by atoms with Gasteiger partial charge in [0.15, 0.2) is 0 Å². The Bertz CT molecular complexity index is 1220. The minimum atomic E-state index is -3.95. The summed E-state index contributed by atoms with van der Waals surface area (Å²) in [5.74, 6) is 0. The molecule has 3 aromatic rings. The van der Waals surface area contributed by atoms with Crippen LogP contribution in [0.5, 0.6) is 0 Å². The molecule has 224 valence electrons. The second-order valence-electron chi connectivity index (χ2n) is 9.88. The summed E-state index contributed by atoms with van der Waals surface area (Å²) in [7, 11) is -3.95. The van der Waals surface area contributed by atoms with Gasteiger partial charge in [0.25, 0.3) is 0 Å². The molecule has 0 bridgehead atoms. The summed E-state index contributed by atoms with van der Waals surface area (Å²) in [5.41, 5.74) is 10.3. The first-order valence-corrected chi connectivity index (χ1v) is 18.4. The van der Waals surface area contributed by atoms with Crippen LogP contribution in [-0.4, -0.2) is 0 Å². The van der Waals surface area contributed by atoms with E-state index in [0.29, 0.717) is 0 Å². The van der Waals surface area contributed by atoms with Crippen LogP contribution in [0.4, 0.5) is 0 Å². The van der Waals surface area contributed by atoms with Gasteiger partial charge in [-0.2, -0.15) is 0 Å². The third kappa shape index (κ3) is 8.44. The van der Waals surface area contributed by atoms with Gasteiger partial charge in [0.1, 0.15) is 0 Å². The van der Waals surface area contributed by atoms with Gasteiger partial charge >= 0.3 is 7.82 Å². The number of hydrogen-bond donors (Lipinski definition) is 0. The Morgan fingerprint density at radius 3 is 0.927 bits per heavy atom. The van der Waals surface area contributed by atoms with E-state index in [-0.39, 0.29) is 19.8 Å². The highest BCUT2D eigenvalue weighted by Crippen LogP contribution is 2.52. The molecule has 0 aliphatic rings. The number of hydrogen-bond acceptors (Lipinski definition) is 4. The first-order chi connectivity index (χ1) is 19.7. The molecular formula is C33H42Br3O4P. The van der Waals surface area contributed by atoms with E-state index < -0.39 is 7.82 Å². The summed E-state index contributed by atoms with van der Waals surface area (Å²) >= 11 is 11.0. The third-order valence-corrected chi connectivity index (χ3v) is 11.2. The van der Waals surface area contributed by atoms with Gasteiger partial charge in [0.2, 0.25) is 0 Å². The van der Waals surface area contributed by atoms with E-state index in [0.717, 1.165) is 68.6 Å². The highest BCUT2D eigenvalue weighted by molar-refractivity contribution is 9.11. The standard InChI is InChI=1S/C33H42Br3O4P/c1-7-25-22(13-16-31(34)28(25)10-4)19-38-41(37,39-20-23-14-17-32(35)29(11-5)26(23)8-2)40-21-24-15-18-33(36)30(12-6)27(24)9-3/h13-18H,7-12,19-21H2,1-6H3. The number of phosphoric ester groups is 1. The Balaban J connectivity index is 1.94. The van der Waals surface area contributed by atoms with Gasteiger partial charge in [0.05, 0.1) is 19.8 Å². The zero-order valence-corrected chi connectivity index (χ0v) is 30.7. The molecule has 0 saturated heterocycles. The zero-order valence-electron chi connectivity index (χ0n) is 25.0. The monoisotopic (exact) mass is 770 g/mol. The fourth-order valence-electron chi connectivity index (χ4n) is 5.57. The Hall–Kier alpha value is -0.790. The molecule has 0 radical (unpaired) electrons. The van der Waals surface area contributed by atoms with Crippen LogP contribution in [0.2, 0.25) is 0 Å². The van der Waals surface area contributed by atoms with E-state index in [1.807, 2.05) is 36.4 Å². The molecule has 0 heterocycles. The number of rotatable bonds is 15. The van der Waals surface area contributed by atoms with Gasteiger partial charge in [-0.05, 0) is 107 Å². The van der Waals surface area contributed by atoms with Gasteiger partial charge < -0.3 is 0 Å². The molecule has 0 amide bonds. The molecule has 0 aliphatic heterocycles. The molecule has 3 aromatic carbocycles. The molecule has 41 heavy (non-hydrogen) atoms. The summed E-state index contributed by atoms with van der Waals surface area (Å²) in [4.78, 5) is 0. The van der Waals surface area contributed by atoms with Crippen molar-refractivity contribution in [3.8, 4) is 0 Å². The SMILES string of the molecule is CCc1c(Br)ccc(COP(=O)(OCc2ccc(Br)c(CC)c2CC)OCc2ccc(Br)c(CC)c2CC)c1CC. The molecular weight excluding hydrogens is 731 g/mol. The lowest BCUT2D eigenvalue weighted by atomic mass is 9.97. The number of benzene rings is 3. The van der Waals surface area contributed by atoms with Crippen molar-refractivity contribution in [2.45, 2.75) is 99.9 Å². The van der Waals surface area contributed by atoms with Crippen LogP contribution in [0, 0.1) is 0 Å². The Morgan fingerprint density at radius 1 is 0.463 bits per heavy atom. The molecule has 0 aromatic heterocycles. The van der Waals surface area contributed by atoms with E-state index in [1.54, 1.807) is 0 Å². The molecule has 0 unspecified atom stereocenters. The fourth-order valence-corrected chi connectivity index (χ4v) is 8.64. The van der Waals surface area contributed by atoms with Crippen LogP contribution in [0.3, 0.4) is 0 Å². The van der Waals surface area contributed by atoms with Crippen molar-refractivity contribution < 1.29 is 18.1 Å². The highest BCUT2D eigenvalue weighted by Gasteiger charge is 2.29. The van der Waals surface area contributed by atoms with Crippen molar-refractivity contribution in [2.75, 3.05) is 0 Å². The normalized spacial score (nSPS) is 11.8. The third-order valence-electron chi connectivity index (χ3n) is 7.67. The lowest BCUT2D eigenvalue weighted by molar-refractivity contribution is 0.0973. The van der Waals surface area contributed by atoms with Crippen molar-refractivity contribution in [1.82, 2.24) is 0 Å². The Labute approximate surface area is 272 Å². The van der Waals surface area contributed by atoms with Crippen molar-refractivity contribution in [2.24, 2.45) is 0 Å². The van der Waals surface area contributed by atoms with E-state index in [2.05, 4.69) is 89.3 Å². The minimum Gasteiger partial charge on any atom is -0.282 e. The first kappa shape index (κ1) is 34.7. The van der Waals surface area contributed by atoms with Crippen LogP contribution in [-0.2, 0) is 76.5 Å². The smallest absolute Gasteiger partial charge is 0.282 e. The molecule has 0 fully saturated rings. The number of phosphoric acid groups is 1. The van der Waals surface area contributed by atoms with Gasteiger partial charge in [0, 0.05) is 13.4 Å². The predicted molar refractivity (Wildman–Crippen MR) is 181 cm³/mol. The summed E-state index contributed by atoms with van der Waals surface area (Å²) in [6.45, 7) is 13.2. The number of halogens is 3. The van der Waals surface area contributed by atoms with Gasteiger partial charge in [-0.1, -0.05) is 108 Å².